The highest BCUT2D eigenvalue weighted by molar-refractivity contribution is 5.94. The van der Waals surface area contributed by atoms with Gasteiger partial charge in [-0.25, -0.2) is 4.79 Å². The van der Waals surface area contributed by atoms with Crippen molar-refractivity contribution in [2.24, 2.45) is 0 Å². The average Bonchev–Trinajstić information content (AvgIpc) is 3.21. The number of pyridine rings is 1. The molecule has 0 saturated heterocycles. The number of cyclic esters (lactones) is 1. The number of carbonyl (C=O) groups excluding carboxylic acids is 1. The molecule has 0 amide bonds. The molecule has 4 rings (SSSR count). The Morgan fingerprint density at radius 3 is 2.72 bits per heavy atom. The zero-order valence-corrected chi connectivity index (χ0v) is 13.4. The van der Waals surface area contributed by atoms with E-state index in [-0.39, 0.29) is 17.9 Å². The van der Waals surface area contributed by atoms with E-state index in [0.29, 0.717) is 22.6 Å². The fraction of sp³-hybridized carbons (Fsp3) is 0.158. The lowest BCUT2D eigenvalue weighted by Gasteiger charge is -2.16. The summed E-state index contributed by atoms with van der Waals surface area (Å²) in [5, 5.41) is 10.4. The lowest BCUT2D eigenvalue weighted by atomic mass is 9.99. The fourth-order valence-electron chi connectivity index (χ4n) is 3.13. The van der Waals surface area contributed by atoms with Crippen molar-refractivity contribution in [3.63, 3.8) is 0 Å². The average molecular weight is 337 g/mol. The molecule has 1 aliphatic heterocycles. The highest BCUT2D eigenvalue weighted by Crippen LogP contribution is 2.37. The molecule has 0 saturated carbocycles. The van der Waals surface area contributed by atoms with Gasteiger partial charge in [-0.05, 0) is 31.2 Å². The molecule has 126 valence electrons. The van der Waals surface area contributed by atoms with E-state index in [4.69, 9.17) is 9.15 Å². The summed E-state index contributed by atoms with van der Waals surface area (Å²) in [6.45, 7) is 1.95. The molecular weight excluding hydrogens is 322 g/mol. The van der Waals surface area contributed by atoms with Crippen LogP contribution in [-0.4, -0.2) is 15.6 Å². The standard InChI is InChI=1S/C19H15NO5/c1-11-9-15(21)16(18(22)20(11)10-12-5-4-8-24-12)17-13-6-2-3-7-14(13)19(23)25-17/h2-9,17,21H,10H2,1H3/t17-/m0/s1. The van der Waals surface area contributed by atoms with E-state index in [9.17, 15) is 14.7 Å². The second-order valence-electron chi connectivity index (χ2n) is 5.93. The van der Waals surface area contributed by atoms with Crippen LogP contribution >= 0.6 is 0 Å². The number of nitrogens with zero attached hydrogens (tertiary/aromatic N) is 1. The van der Waals surface area contributed by atoms with Crippen LogP contribution < -0.4 is 5.56 Å². The van der Waals surface area contributed by atoms with Crippen molar-refractivity contribution in [2.75, 3.05) is 0 Å². The summed E-state index contributed by atoms with van der Waals surface area (Å²) in [5.41, 5.74) is 1.21. The first-order valence-electron chi connectivity index (χ1n) is 7.82. The van der Waals surface area contributed by atoms with Gasteiger partial charge in [0.1, 0.15) is 17.1 Å². The van der Waals surface area contributed by atoms with Gasteiger partial charge in [-0.2, -0.15) is 0 Å². The summed E-state index contributed by atoms with van der Waals surface area (Å²) in [4.78, 5) is 25.1. The first-order valence-corrected chi connectivity index (χ1v) is 7.82. The molecule has 1 aliphatic rings. The molecule has 25 heavy (non-hydrogen) atoms. The van der Waals surface area contributed by atoms with Crippen LogP contribution in [0.1, 0.15) is 39.0 Å². The second kappa shape index (κ2) is 5.66. The van der Waals surface area contributed by atoms with Crippen molar-refractivity contribution >= 4 is 5.97 Å². The van der Waals surface area contributed by atoms with Gasteiger partial charge in [-0.15, -0.1) is 0 Å². The van der Waals surface area contributed by atoms with Crippen molar-refractivity contribution in [2.45, 2.75) is 19.6 Å². The molecule has 2 aromatic heterocycles. The van der Waals surface area contributed by atoms with Gasteiger partial charge in [0.25, 0.3) is 5.56 Å². The first kappa shape index (κ1) is 15.3. The predicted octanol–water partition coefficient (Wildman–Crippen LogP) is 2.76. The predicted molar refractivity (Wildman–Crippen MR) is 88.6 cm³/mol. The van der Waals surface area contributed by atoms with Gasteiger partial charge in [-0.3, -0.25) is 4.79 Å². The summed E-state index contributed by atoms with van der Waals surface area (Å²) >= 11 is 0. The molecule has 1 N–H and O–H groups in total. The molecule has 6 nitrogen and oxygen atoms in total. The van der Waals surface area contributed by atoms with E-state index in [1.54, 1.807) is 43.3 Å². The third-order valence-corrected chi connectivity index (χ3v) is 4.37. The molecule has 3 aromatic rings. The van der Waals surface area contributed by atoms with Gasteiger partial charge in [-0.1, -0.05) is 18.2 Å². The molecule has 1 aromatic carbocycles. The number of carbonyl (C=O) groups is 1. The number of aromatic hydroxyl groups is 1. The van der Waals surface area contributed by atoms with Gasteiger partial charge in [0, 0.05) is 11.3 Å². The van der Waals surface area contributed by atoms with Crippen molar-refractivity contribution < 1.29 is 19.1 Å². The van der Waals surface area contributed by atoms with Crippen LogP contribution in [0.15, 0.2) is 57.9 Å². The highest BCUT2D eigenvalue weighted by Gasteiger charge is 2.36. The highest BCUT2D eigenvalue weighted by atomic mass is 16.5. The normalized spacial score (nSPS) is 15.9. The Balaban J connectivity index is 1.86. The molecule has 0 fully saturated rings. The van der Waals surface area contributed by atoms with Crippen LogP contribution in [0.5, 0.6) is 5.75 Å². The minimum Gasteiger partial charge on any atom is -0.507 e. The summed E-state index contributed by atoms with van der Waals surface area (Å²) < 4.78 is 12.2. The maximum absolute atomic E-state index is 13.0. The molecule has 3 heterocycles. The number of esters is 1. The van der Waals surface area contributed by atoms with Crippen LogP contribution in [0, 0.1) is 6.92 Å². The Hall–Kier alpha value is -3.28. The summed E-state index contributed by atoms with van der Waals surface area (Å²) in [6.07, 6.45) is 0.617. The zero-order chi connectivity index (χ0) is 17.6. The van der Waals surface area contributed by atoms with Crippen molar-refractivity contribution in [1.29, 1.82) is 0 Å². The van der Waals surface area contributed by atoms with Gasteiger partial charge >= 0.3 is 5.97 Å². The van der Waals surface area contributed by atoms with Crippen LogP contribution in [0.3, 0.4) is 0 Å². The third kappa shape index (κ3) is 2.42. The number of ether oxygens (including phenoxy) is 1. The van der Waals surface area contributed by atoms with E-state index in [1.807, 2.05) is 0 Å². The Bertz CT molecular complexity index is 1020. The molecule has 0 radical (unpaired) electrons. The Morgan fingerprint density at radius 1 is 1.16 bits per heavy atom. The summed E-state index contributed by atoms with van der Waals surface area (Å²) in [5.74, 6) is -0.0732. The van der Waals surface area contributed by atoms with Gasteiger partial charge in [0.05, 0.1) is 18.4 Å². The van der Waals surface area contributed by atoms with Gasteiger partial charge in [0.15, 0.2) is 6.10 Å². The molecule has 6 heteroatoms. The first-order chi connectivity index (χ1) is 12.1. The van der Waals surface area contributed by atoms with Crippen LogP contribution in [0.4, 0.5) is 0 Å². The number of hydrogen-bond acceptors (Lipinski definition) is 5. The zero-order valence-electron chi connectivity index (χ0n) is 13.4. The third-order valence-electron chi connectivity index (χ3n) is 4.37. The van der Waals surface area contributed by atoms with Crippen LogP contribution in [-0.2, 0) is 11.3 Å². The fourth-order valence-corrected chi connectivity index (χ4v) is 3.13. The smallest absolute Gasteiger partial charge is 0.339 e. The van der Waals surface area contributed by atoms with Crippen LogP contribution in [0.2, 0.25) is 0 Å². The van der Waals surface area contributed by atoms with E-state index in [0.717, 1.165) is 0 Å². The Morgan fingerprint density at radius 2 is 1.96 bits per heavy atom. The van der Waals surface area contributed by atoms with Crippen molar-refractivity contribution in [3.8, 4) is 5.75 Å². The lowest BCUT2D eigenvalue weighted by Crippen LogP contribution is -2.28. The number of rotatable bonds is 3. The maximum atomic E-state index is 13.0. The van der Waals surface area contributed by atoms with Crippen molar-refractivity contribution in [3.05, 3.63) is 87.2 Å². The summed E-state index contributed by atoms with van der Waals surface area (Å²) in [6, 6.07) is 11.9. The molecule has 1 atom stereocenters. The SMILES string of the molecule is Cc1cc(O)c([C@H]2OC(=O)c3ccccc32)c(=O)n1Cc1ccco1. The van der Waals surface area contributed by atoms with Crippen LogP contribution in [0.25, 0.3) is 0 Å². The lowest BCUT2D eigenvalue weighted by molar-refractivity contribution is 0.0450. The summed E-state index contributed by atoms with van der Waals surface area (Å²) in [7, 11) is 0. The molecule has 0 spiro atoms. The number of hydrogen-bond donors (Lipinski definition) is 1. The molecule has 0 bridgehead atoms. The minimum absolute atomic E-state index is 0.0513. The number of aromatic nitrogens is 1. The molecular formula is C19H15NO5. The second-order valence-corrected chi connectivity index (χ2v) is 5.93. The van der Waals surface area contributed by atoms with E-state index < -0.39 is 17.6 Å². The van der Waals surface area contributed by atoms with E-state index in [1.165, 1.54) is 16.9 Å². The topological polar surface area (TPSA) is 81.7 Å². The number of aryl methyl sites for hydroxylation is 1. The van der Waals surface area contributed by atoms with Gasteiger partial charge < -0.3 is 18.8 Å². The number of fused-ring (bicyclic) bond motifs is 1. The molecule has 0 aliphatic carbocycles. The quantitative estimate of drug-likeness (QED) is 0.743. The largest absolute Gasteiger partial charge is 0.507 e. The van der Waals surface area contributed by atoms with Crippen molar-refractivity contribution in [1.82, 2.24) is 4.57 Å². The number of furan rings is 1. The Labute approximate surface area is 142 Å². The van der Waals surface area contributed by atoms with E-state index >= 15 is 0 Å². The number of benzene rings is 1. The van der Waals surface area contributed by atoms with E-state index in [2.05, 4.69) is 0 Å². The monoisotopic (exact) mass is 337 g/mol. The Kier molecular flexibility index (Phi) is 3.46. The molecule has 0 unspecified atom stereocenters. The maximum Gasteiger partial charge on any atom is 0.339 e. The minimum atomic E-state index is -0.917. The van der Waals surface area contributed by atoms with Gasteiger partial charge in [0.2, 0.25) is 0 Å².